The fourth-order valence-corrected chi connectivity index (χ4v) is 9.52. The molecule has 222 valence electrons. The van der Waals surface area contributed by atoms with Gasteiger partial charge in [0.05, 0.1) is 38.4 Å². The standard InChI is InChI=1S/C31H44N6O3S/c1-4-28(38)37-16-15-36(19-21(37)11-13-32)29-23-10-12-31(17-24-26(39-3)8-5-9-27(24)41-31)18-25(23)33-30(34-29)40-20-22-7-6-14-35(22)2/h4-5,8-9,21-23,25,29-30,33-34H,1,6-7,10-12,14-20H2,2-3H3/t21?,22?,23?,25?,29?,30?,31-/m0/s1. The van der Waals surface area contributed by atoms with Crippen LogP contribution in [0.15, 0.2) is 35.7 Å². The molecule has 1 aliphatic carbocycles. The summed E-state index contributed by atoms with van der Waals surface area (Å²) in [4.78, 5) is 20.6. The first-order chi connectivity index (χ1) is 19.9. The summed E-state index contributed by atoms with van der Waals surface area (Å²) in [6.45, 7) is 7.56. The van der Waals surface area contributed by atoms with Crippen molar-refractivity contribution in [2.45, 2.75) is 85.2 Å². The highest BCUT2D eigenvalue weighted by atomic mass is 32.2. The van der Waals surface area contributed by atoms with Crippen molar-refractivity contribution in [3.8, 4) is 11.8 Å². The predicted octanol–water partition coefficient (Wildman–Crippen LogP) is 2.78. The number of nitriles is 1. The van der Waals surface area contributed by atoms with Crippen LogP contribution >= 0.6 is 11.8 Å². The van der Waals surface area contributed by atoms with E-state index in [0.717, 1.165) is 44.5 Å². The van der Waals surface area contributed by atoms with Gasteiger partial charge in [-0.1, -0.05) is 12.6 Å². The molecule has 4 heterocycles. The fraction of sp³-hybridized carbons (Fsp3) is 0.677. The van der Waals surface area contributed by atoms with Crippen LogP contribution in [0.5, 0.6) is 5.75 Å². The molecule has 0 radical (unpaired) electrons. The Morgan fingerprint density at radius 2 is 2.15 bits per heavy atom. The third kappa shape index (κ3) is 5.77. The van der Waals surface area contributed by atoms with Crippen LogP contribution in [0.3, 0.4) is 0 Å². The topological polar surface area (TPSA) is 93.1 Å². The average molecular weight is 581 g/mol. The lowest BCUT2D eigenvalue weighted by Crippen LogP contribution is -2.72. The Kier molecular flexibility index (Phi) is 8.64. The summed E-state index contributed by atoms with van der Waals surface area (Å²) in [5.41, 5.74) is 1.35. The molecule has 1 spiro atoms. The molecular formula is C31H44N6O3S. The zero-order valence-corrected chi connectivity index (χ0v) is 25.2. The van der Waals surface area contributed by atoms with E-state index in [4.69, 9.17) is 9.47 Å². The van der Waals surface area contributed by atoms with E-state index in [2.05, 4.69) is 58.3 Å². The van der Waals surface area contributed by atoms with Crippen LogP contribution in [-0.2, 0) is 16.0 Å². The minimum Gasteiger partial charge on any atom is -0.496 e. The lowest BCUT2D eigenvalue weighted by atomic mass is 9.73. The molecule has 0 bridgehead atoms. The van der Waals surface area contributed by atoms with E-state index in [0.29, 0.717) is 44.1 Å². The number of fused-ring (bicyclic) bond motifs is 2. The zero-order valence-electron chi connectivity index (χ0n) is 24.4. The first-order valence-corrected chi connectivity index (χ1v) is 16.0. The predicted molar refractivity (Wildman–Crippen MR) is 159 cm³/mol. The molecule has 1 saturated carbocycles. The minimum atomic E-state index is -0.240. The van der Waals surface area contributed by atoms with Gasteiger partial charge >= 0.3 is 0 Å². The van der Waals surface area contributed by atoms with Gasteiger partial charge in [0.25, 0.3) is 0 Å². The van der Waals surface area contributed by atoms with Crippen LogP contribution in [0.1, 0.15) is 44.1 Å². The maximum Gasteiger partial charge on any atom is 0.246 e. The number of carbonyl (C=O) groups excluding carboxylic acids is 1. The quantitative estimate of drug-likeness (QED) is 0.473. The largest absolute Gasteiger partial charge is 0.496 e. The Hall–Kier alpha value is -2.13. The molecule has 4 aliphatic heterocycles. The molecular weight excluding hydrogens is 536 g/mol. The maximum atomic E-state index is 12.6. The monoisotopic (exact) mass is 580 g/mol. The second-order valence-corrected chi connectivity index (χ2v) is 13.9. The summed E-state index contributed by atoms with van der Waals surface area (Å²) in [6.07, 6.45) is 8.32. The molecule has 1 aromatic rings. The Morgan fingerprint density at radius 1 is 1.27 bits per heavy atom. The molecule has 2 N–H and O–H groups in total. The number of carbonyl (C=O) groups is 1. The molecule has 3 saturated heterocycles. The normalized spacial score (nSPS) is 35.6. The second-order valence-electron chi connectivity index (χ2n) is 12.4. The third-order valence-corrected chi connectivity index (χ3v) is 11.6. The van der Waals surface area contributed by atoms with Gasteiger partial charge in [0.2, 0.25) is 5.91 Å². The molecule has 41 heavy (non-hydrogen) atoms. The highest BCUT2D eigenvalue weighted by Gasteiger charge is 2.51. The molecule has 9 nitrogen and oxygen atoms in total. The number of benzene rings is 1. The third-order valence-electron chi connectivity index (χ3n) is 10.1. The number of ether oxygens (including phenoxy) is 2. The van der Waals surface area contributed by atoms with E-state index in [-0.39, 0.29) is 29.2 Å². The minimum absolute atomic E-state index is 0.0872. The van der Waals surface area contributed by atoms with Gasteiger partial charge in [0, 0.05) is 52.8 Å². The van der Waals surface area contributed by atoms with Crippen molar-refractivity contribution in [2.24, 2.45) is 5.92 Å². The molecule has 5 aliphatic rings. The van der Waals surface area contributed by atoms with E-state index in [1.54, 1.807) is 7.11 Å². The molecule has 4 fully saturated rings. The number of rotatable bonds is 7. The highest BCUT2D eigenvalue weighted by molar-refractivity contribution is 8.01. The summed E-state index contributed by atoms with van der Waals surface area (Å²) < 4.78 is 12.5. The van der Waals surface area contributed by atoms with Gasteiger partial charge in [0.1, 0.15) is 5.75 Å². The van der Waals surface area contributed by atoms with Crippen molar-refractivity contribution < 1.29 is 14.3 Å². The van der Waals surface area contributed by atoms with Gasteiger partial charge < -0.3 is 19.3 Å². The smallest absolute Gasteiger partial charge is 0.246 e. The average Bonchev–Trinajstić information content (AvgIpc) is 3.57. The summed E-state index contributed by atoms with van der Waals surface area (Å²) in [5.74, 6) is 1.32. The number of hydrogen-bond donors (Lipinski definition) is 2. The number of nitrogens with one attached hydrogen (secondary N) is 2. The van der Waals surface area contributed by atoms with Crippen LogP contribution < -0.4 is 15.4 Å². The molecule has 0 aromatic heterocycles. The number of amides is 1. The number of hydrogen-bond acceptors (Lipinski definition) is 9. The zero-order chi connectivity index (χ0) is 28.6. The first-order valence-electron chi connectivity index (χ1n) is 15.2. The fourth-order valence-electron chi connectivity index (χ4n) is 7.91. The van der Waals surface area contributed by atoms with Crippen molar-refractivity contribution in [3.63, 3.8) is 0 Å². The van der Waals surface area contributed by atoms with Crippen LogP contribution in [0.25, 0.3) is 0 Å². The van der Waals surface area contributed by atoms with Crippen molar-refractivity contribution in [1.82, 2.24) is 25.3 Å². The van der Waals surface area contributed by atoms with E-state index in [1.807, 2.05) is 16.7 Å². The molecule has 1 aromatic carbocycles. The van der Waals surface area contributed by atoms with Gasteiger partial charge in [-0.25, -0.2) is 0 Å². The van der Waals surface area contributed by atoms with Crippen molar-refractivity contribution >= 4 is 17.7 Å². The van der Waals surface area contributed by atoms with Crippen LogP contribution in [0.4, 0.5) is 0 Å². The Morgan fingerprint density at radius 3 is 2.90 bits per heavy atom. The first kappa shape index (κ1) is 29.0. The Balaban J connectivity index is 1.21. The van der Waals surface area contributed by atoms with Crippen molar-refractivity contribution in [2.75, 3.05) is 46.9 Å². The van der Waals surface area contributed by atoms with Crippen LogP contribution in [0.2, 0.25) is 0 Å². The number of piperazine rings is 1. The summed E-state index contributed by atoms with van der Waals surface area (Å²) in [5, 5.41) is 17.3. The number of methoxy groups -OCH3 is 1. The van der Waals surface area contributed by atoms with Gasteiger partial charge in [-0.2, -0.15) is 5.26 Å². The molecule has 10 heteroatoms. The second kappa shape index (κ2) is 12.2. The SMILES string of the molecule is C=CC(=O)N1CCN(C2NC(OCC3CCCN3C)NC3C[C@]4(CCC32)Cc2c(OC)cccc2S4)CC1CC#N. The van der Waals surface area contributed by atoms with E-state index < -0.39 is 0 Å². The number of nitrogens with zero attached hydrogens (tertiary/aromatic N) is 4. The van der Waals surface area contributed by atoms with Crippen molar-refractivity contribution in [1.29, 1.82) is 5.26 Å². The van der Waals surface area contributed by atoms with E-state index in [9.17, 15) is 10.1 Å². The number of likely N-dealkylation sites (N-methyl/N-ethyl adjacent to an activating group) is 1. The molecule has 6 rings (SSSR count). The van der Waals surface area contributed by atoms with Crippen LogP contribution in [0, 0.1) is 17.2 Å². The number of likely N-dealkylation sites (tertiary alicyclic amines) is 1. The van der Waals surface area contributed by atoms with Gasteiger partial charge in [-0.05, 0) is 70.3 Å². The van der Waals surface area contributed by atoms with Gasteiger partial charge in [0.15, 0.2) is 6.35 Å². The number of thioether (sulfide) groups is 1. The lowest BCUT2D eigenvalue weighted by Gasteiger charge is -2.55. The van der Waals surface area contributed by atoms with E-state index >= 15 is 0 Å². The van der Waals surface area contributed by atoms with Gasteiger partial charge in [-0.15, -0.1) is 11.8 Å². The molecule has 7 atom stereocenters. The summed E-state index contributed by atoms with van der Waals surface area (Å²) >= 11 is 2.04. The Labute approximate surface area is 248 Å². The summed E-state index contributed by atoms with van der Waals surface area (Å²) in [7, 11) is 3.96. The molecule has 1 amide bonds. The van der Waals surface area contributed by atoms with E-state index in [1.165, 1.54) is 29.4 Å². The summed E-state index contributed by atoms with van der Waals surface area (Å²) in [6, 6.07) is 9.36. The maximum absolute atomic E-state index is 12.6. The lowest BCUT2D eigenvalue weighted by molar-refractivity contribution is -0.135. The highest BCUT2D eigenvalue weighted by Crippen LogP contribution is 2.56. The molecule has 6 unspecified atom stereocenters. The Bertz CT molecular complexity index is 1180. The van der Waals surface area contributed by atoms with Crippen LogP contribution in [-0.4, -0.2) is 103 Å². The van der Waals surface area contributed by atoms with Gasteiger partial charge in [-0.3, -0.25) is 20.3 Å². The van der Waals surface area contributed by atoms with Crippen molar-refractivity contribution in [3.05, 3.63) is 36.4 Å².